The maximum absolute atomic E-state index is 12.5. The van der Waals surface area contributed by atoms with E-state index < -0.39 is 29.0 Å². The zero-order valence-corrected chi connectivity index (χ0v) is 5.57. The van der Waals surface area contributed by atoms with Crippen molar-refractivity contribution in [3.63, 3.8) is 0 Å². The zero-order valence-electron chi connectivity index (χ0n) is 5.57. The van der Waals surface area contributed by atoms with Gasteiger partial charge in [-0.1, -0.05) is 0 Å². The molecule has 5 heteroatoms. The van der Waals surface area contributed by atoms with Gasteiger partial charge in [0.05, 0.1) is 0 Å². The molecule has 1 aromatic carbocycles. The SMILES string of the molecule is O=C(O)c1c(F)[c]cc(F)c1F. The second-order valence-electron chi connectivity index (χ2n) is 1.94. The quantitative estimate of drug-likeness (QED) is 0.658. The summed E-state index contributed by atoms with van der Waals surface area (Å²) in [4.78, 5) is 10.1. The maximum atomic E-state index is 12.5. The van der Waals surface area contributed by atoms with E-state index in [0.717, 1.165) is 0 Å². The Labute approximate surface area is 65.2 Å². The molecule has 12 heavy (non-hydrogen) atoms. The third-order valence-electron chi connectivity index (χ3n) is 1.19. The fourth-order valence-electron chi connectivity index (χ4n) is 0.666. The van der Waals surface area contributed by atoms with Crippen molar-refractivity contribution < 1.29 is 23.1 Å². The summed E-state index contributed by atoms with van der Waals surface area (Å²) in [5.41, 5.74) is -1.32. The van der Waals surface area contributed by atoms with Crippen molar-refractivity contribution in [2.75, 3.05) is 0 Å². The molecule has 0 unspecified atom stereocenters. The van der Waals surface area contributed by atoms with Gasteiger partial charge in [-0.2, -0.15) is 0 Å². The summed E-state index contributed by atoms with van der Waals surface area (Å²) in [6, 6.07) is 2.03. The van der Waals surface area contributed by atoms with E-state index in [1.165, 1.54) is 0 Å². The summed E-state index contributed by atoms with van der Waals surface area (Å²) in [5, 5.41) is 8.20. The Bertz CT molecular complexity index is 336. The van der Waals surface area contributed by atoms with Crippen molar-refractivity contribution >= 4 is 5.97 Å². The van der Waals surface area contributed by atoms with Gasteiger partial charge in [0.1, 0.15) is 11.4 Å². The molecule has 0 heterocycles. The summed E-state index contributed by atoms with van der Waals surface area (Å²) in [6.07, 6.45) is 0. The van der Waals surface area contributed by atoms with Gasteiger partial charge in [0.25, 0.3) is 0 Å². The standard InChI is InChI=1S/C7H2F3O2/c8-3-1-2-4(9)6(10)5(3)7(11)12/h2H,(H,11,12). The number of carbonyl (C=O) groups is 1. The van der Waals surface area contributed by atoms with E-state index in [9.17, 15) is 18.0 Å². The van der Waals surface area contributed by atoms with Gasteiger partial charge < -0.3 is 5.11 Å². The summed E-state index contributed by atoms with van der Waals surface area (Å²) >= 11 is 0. The Hall–Kier alpha value is -1.52. The molecular weight excluding hydrogens is 173 g/mol. The van der Waals surface area contributed by atoms with E-state index in [0.29, 0.717) is 6.07 Å². The molecule has 0 fully saturated rings. The smallest absolute Gasteiger partial charge is 0.341 e. The highest BCUT2D eigenvalue weighted by Gasteiger charge is 2.19. The van der Waals surface area contributed by atoms with Gasteiger partial charge in [-0.05, 0) is 6.07 Å². The fraction of sp³-hybridized carbons (Fsp3) is 0. The number of halogens is 3. The van der Waals surface area contributed by atoms with Crippen LogP contribution in [0, 0.1) is 23.5 Å². The Kier molecular flexibility index (Phi) is 2.03. The number of rotatable bonds is 1. The molecule has 0 bridgehead atoms. The summed E-state index contributed by atoms with van der Waals surface area (Å²) in [7, 11) is 0. The molecule has 1 rings (SSSR count). The highest BCUT2D eigenvalue weighted by molar-refractivity contribution is 5.88. The minimum absolute atomic E-state index is 0.400. The van der Waals surface area contributed by atoms with Gasteiger partial charge in [0, 0.05) is 6.07 Å². The molecule has 63 valence electrons. The predicted octanol–water partition coefficient (Wildman–Crippen LogP) is 1.60. The number of carboxylic acids is 1. The molecule has 1 N–H and O–H groups in total. The number of hydrogen-bond acceptors (Lipinski definition) is 1. The summed E-state index contributed by atoms with van der Waals surface area (Å²) in [5.74, 6) is -6.42. The molecule has 0 saturated heterocycles. The number of benzene rings is 1. The van der Waals surface area contributed by atoms with Crippen LogP contribution in [0.15, 0.2) is 6.07 Å². The Morgan fingerprint density at radius 2 is 2.00 bits per heavy atom. The van der Waals surface area contributed by atoms with Crippen molar-refractivity contribution in [3.05, 3.63) is 35.1 Å². The first-order chi connectivity index (χ1) is 5.54. The minimum atomic E-state index is -1.86. The van der Waals surface area contributed by atoms with Crippen LogP contribution < -0.4 is 0 Å². The largest absolute Gasteiger partial charge is 0.477 e. The van der Waals surface area contributed by atoms with Crippen LogP contribution in [0.2, 0.25) is 0 Å². The van der Waals surface area contributed by atoms with Crippen LogP contribution >= 0.6 is 0 Å². The molecule has 1 radical (unpaired) electrons. The predicted molar refractivity (Wildman–Crippen MR) is 32.1 cm³/mol. The lowest BCUT2D eigenvalue weighted by Gasteiger charge is -1.98. The minimum Gasteiger partial charge on any atom is -0.477 e. The molecule has 0 aliphatic rings. The first-order valence-corrected chi connectivity index (χ1v) is 2.82. The second-order valence-corrected chi connectivity index (χ2v) is 1.94. The third-order valence-corrected chi connectivity index (χ3v) is 1.19. The Balaban J connectivity index is 3.43. The molecule has 0 atom stereocenters. The second kappa shape index (κ2) is 2.84. The van der Waals surface area contributed by atoms with E-state index >= 15 is 0 Å². The van der Waals surface area contributed by atoms with Crippen LogP contribution in [0.5, 0.6) is 0 Å². The van der Waals surface area contributed by atoms with Gasteiger partial charge in [-0.15, -0.1) is 0 Å². The van der Waals surface area contributed by atoms with E-state index in [4.69, 9.17) is 5.11 Å². The lowest BCUT2D eigenvalue weighted by atomic mass is 10.2. The van der Waals surface area contributed by atoms with E-state index in [1.807, 2.05) is 0 Å². The Morgan fingerprint density at radius 3 is 2.42 bits per heavy atom. The number of aromatic carboxylic acids is 1. The van der Waals surface area contributed by atoms with Crippen LogP contribution in [0.4, 0.5) is 13.2 Å². The Morgan fingerprint density at radius 1 is 1.42 bits per heavy atom. The van der Waals surface area contributed by atoms with E-state index in [-0.39, 0.29) is 0 Å². The van der Waals surface area contributed by atoms with Gasteiger partial charge in [-0.25, -0.2) is 18.0 Å². The maximum Gasteiger partial charge on any atom is 0.341 e. The van der Waals surface area contributed by atoms with Crippen molar-refractivity contribution in [2.45, 2.75) is 0 Å². The van der Waals surface area contributed by atoms with Crippen molar-refractivity contribution in [1.29, 1.82) is 0 Å². The molecule has 0 saturated carbocycles. The molecule has 0 aromatic heterocycles. The topological polar surface area (TPSA) is 37.3 Å². The molecule has 1 aromatic rings. The van der Waals surface area contributed by atoms with Crippen LogP contribution in [0.25, 0.3) is 0 Å². The summed E-state index contributed by atoms with van der Waals surface area (Å²) in [6.45, 7) is 0. The average molecular weight is 175 g/mol. The molecule has 0 aliphatic heterocycles. The normalized spacial score (nSPS) is 9.92. The molecule has 2 nitrogen and oxygen atoms in total. The lowest BCUT2D eigenvalue weighted by Crippen LogP contribution is -2.06. The lowest BCUT2D eigenvalue weighted by molar-refractivity contribution is 0.0685. The molecular formula is C7H2F3O2. The van der Waals surface area contributed by atoms with E-state index in [1.54, 1.807) is 6.07 Å². The van der Waals surface area contributed by atoms with Crippen molar-refractivity contribution in [1.82, 2.24) is 0 Å². The number of hydrogen-bond donors (Lipinski definition) is 1. The van der Waals surface area contributed by atoms with Crippen LogP contribution in [-0.2, 0) is 0 Å². The highest BCUT2D eigenvalue weighted by atomic mass is 19.2. The first kappa shape index (κ1) is 8.58. The van der Waals surface area contributed by atoms with Gasteiger partial charge >= 0.3 is 5.97 Å². The summed E-state index contributed by atoms with van der Waals surface area (Å²) < 4.78 is 37.2. The zero-order chi connectivity index (χ0) is 9.30. The average Bonchev–Trinajstić information content (AvgIpc) is 1.97. The first-order valence-electron chi connectivity index (χ1n) is 2.82. The molecule has 0 aliphatic carbocycles. The highest BCUT2D eigenvalue weighted by Crippen LogP contribution is 2.14. The monoisotopic (exact) mass is 175 g/mol. The van der Waals surface area contributed by atoms with Gasteiger partial charge in [0.2, 0.25) is 0 Å². The van der Waals surface area contributed by atoms with Gasteiger partial charge in [-0.3, -0.25) is 0 Å². The number of carboxylic acid groups (broad SMARTS) is 1. The fourth-order valence-corrected chi connectivity index (χ4v) is 0.666. The molecule has 0 amide bonds. The van der Waals surface area contributed by atoms with E-state index in [2.05, 4.69) is 0 Å². The third kappa shape index (κ3) is 1.25. The van der Waals surface area contributed by atoms with Crippen LogP contribution in [0.3, 0.4) is 0 Å². The van der Waals surface area contributed by atoms with Crippen molar-refractivity contribution in [3.8, 4) is 0 Å². The van der Waals surface area contributed by atoms with Gasteiger partial charge in [0.15, 0.2) is 11.6 Å². The van der Waals surface area contributed by atoms with Crippen LogP contribution in [0.1, 0.15) is 10.4 Å². The van der Waals surface area contributed by atoms with Crippen LogP contribution in [-0.4, -0.2) is 11.1 Å². The van der Waals surface area contributed by atoms with Crippen molar-refractivity contribution in [2.24, 2.45) is 0 Å². The molecule has 0 spiro atoms.